The van der Waals surface area contributed by atoms with Crippen LogP contribution in [0.25, 0.3) is 0 Å². The van der Waals surface area contributed by atoms with Crippen LogP contribution in [0.2, 0.25) is 0 Å². The van der Waals surface area contributed by atoms with Crippen LogP contribution in [0.4, 0.5) is 19.4 Å². The van der Waals surface area contributed by atoms with E-state index in [9.17, 15) is 19.4 Å². The summed E-state index contributed by atoms with van der Waals surface area (Å²) in [6.07, 6.45) is 1.96. The Kier molecular flexibility index (Phi) is 3.13. The van der Waals surface area contributed by atoms with Crippen molar-refractivity contribution in [2.24, 2.45) is 0 Å². The van der Waals surface area contributed by atoms with Crippen molar-refractivity contribution in [1.82, 2.24) is 9.62 Å². The van der Waals surface area contributed by atoms with Gasteiger partial charge in [-0.25, -0.2) is 4.31 Å². The van der Waals surface area contributed by atoms with Gasteiger partial charge in [0.15, 0.2) is 0 Å². The van der Waals surface area contributed by atoms with Gasteiger partial charge in [-0.2, -0.15) is 0 Å². The first-order valence-corrected chi connectivity index (χ1v) is 9.26. The van der Waals surface area contributed by atoms with Crippen molar-refractivity contribution in [2.75, 3.05) is 13.1 Å². The molecule has 2 saturated heterocycles. The molecule has 9 heteroatoms. The highest BCUT2D eigenvalue weighted by Crippen LogP contribution is 3.02. The molecular formula is C12H15F5N2S2. The predicted molar refractivity (Wildman–Crippen MR) is 75.2 cm³/mol. The lowest BCUT2D eigenvalue weighted by Gasteiger charge is -2.41. The van der Waals surface area contributed by atoms with E-state index >= 15 is 0 Å². The summed E-state index contributed by atoms with van der Waals surface area (Å²) < 4.78 is 66.2. The van der Waals surface area contributed by atoms with Crippen LogP contribution in [0.1, 0.15) is 12.8 Å². The van der Waals surface area contributed by atoms with Crippen LogP contribution in [0.5, 0.6) is 0 Å². The van der Waals surface area contributed by atoms with Gasteiger partial charge < -0.3 is 5.32 Å². The number of hydrogen-bond acceptors (Lipinski definition) is 3. The van der Waals surface area contributed by atoms with Crippen molar-refractivity contribution in [1.29, 1.82) is 0 Å². The Labute approximate surface area is 123 Å². The molecule has 0 aliphatic carbocycles. The van der Waals surface area contributed by atoms with Gasteiger partial charge in [-0.3, -0.25) is 0 Å². The molecule has 1 N–H and O–H groups in total. The molecule has 0 radical (unpaired) electrons. The van der Waals surface area contributed by atoms with Crippen molar-refractivity contribution >= 4 is 22.2 Å². The maximum Gasteiger partial charge on any atom is 0.310 e. The molecule has 2 aliphatic heterocycles. The number of rotatable bonds is 3. The zero-order valence-electron chi connectivity index (χ0n) is 10.9. The van der Waals surface area contributed by atoms with Gasteiger partial charge in [-0.15, -0.1) is 0 Å². The summed E-state index contributed by atoms with van der Waals surface area (Å²) in [5.41, 5.74) is 0. The quantitative estimate of drug-likeness (QED) is 0.626. The normalized spacial score (nSPS) is 30.0. The Hall–Kier alpha value is -0.510. The Bertz CT molecular complexity index is 546. The van der Waals surface area contributed by atoms with Crippen LogP contribution >= 0.6 is 22.2 Å². The molecule has 1 aromatic carbocycles. The number of nitrogens with one attached hydrogen (secondary N) is 1. The van der Waals surface area contributed by atoms with Gasteiger partial charge in [0.1, 0.15) is 4.90 Å². The second-order valence-corrected chi connectivity index (χ2v) is 8.92. The maximum atomic E-state index is 12.8. The molecule has 21 heavy (non-hydrogen) atoms. The Morgan fingerprint density at radius 2 is 1.67 bits per heavy atom. The zero-order valence-corrected chi connectivity index (χ0v) is 12.6. The fourth-order valence-corrected chi connectivity index (χ4v) is 4.76. The van der Waals surface area contributed by atoms with Gasteiger partial charge in [0.25, 0.3) is 0 Å². The molecule has 120 valence electrons. The maximum absolute atomic E-state index is 12.8. The lowest BCUT2D eigenvalue weighted by atomic mass is 10.2. The molecule has 1 aromatic rings. The molecule has 2 nitrogen and oxygen atoms in total. The lowest BCUT2D eigenvalue weighted by molar-refractivity contribution is 0.287. The molecule has 2 heterocycles. The van der Waals surface area contributed by atoms with Crippen molar-refractivity contribution < 1.29 is 19.4 Å². The standard InChI is InChI=1S/C12H15F5N2S2/c13-21(14,15,16,17)12-3-1-2-11(6-12)20-19-9-4-5-10(19)8-18-7-9/h1-3,6,9-10,18H,4-5,7-8H2/t9-,10?/m0/s1. The second kappa shape index (κ2) is 4.27. The highest BCUT2D eigenvalue weighted by Gasteiger charge is 2.65. The largest absolute Gasteiger partial charge is 0.314 e. The van der Waals surface area contributed by atoms with E-state index in [1.165, 1.54) is 6.07 Å². The minimum Gasteiger partial charge on any atom is -0.314 e. The monoisotopic (exact) mass is 346 g/mol. The first kappa shape index (κ1) is 15.4. The minimum absolute atomic E-state index is 0.208. The molecule has 2 aliphatic rings. The summed E-state index contributed by atoms with van der Waals surface area (Å²) in [4.78, 5) is -1.61. The molecular weight excluding hydrogens is 331 g/mol. The van der Waals surface area contributed by atoms with Gasteiger partial charge in [0.05, 0.1) is 0 Å². The average molecular weight is 346 g/mol. The topological polar surface area (TPSA) is 15.3 Å². The van der Waals surface area contributed by atoms with Crippen LogP contribution in [-0.4, -0.2) is 29.5 Å². The van der Waals surface area contributed by atoms with Gasteiger partial charge in [0.2, 0.25) is 0 Å². The Morgan fingerprint density at radius 3 is 2.24 bits per heavy atom. The third-order valence-electron chi connectivity index (χ3n) is 3.77. The van der Waals surface area contributed by atoms with Gasteiger partial charge >= 0.3 is 10.2 Å². The highest BCUT2D eigenvalue weighted by molar-refractivity contribution is 8.45. The number of nitrogens with zero attached hydrogens (tertiary/aromatic N) is 1. The van der Waals surface area contributed by atoms with Crippen molar-refractivity contribution in [3.05, 3.63) is 24.3 Å². The minimum atomic E-state index is -9.60. The summed E-state index contributed by atoms with van der Waals surface area (Å²) in [5.74, 6) is 0. The summed E-state index contributed by atoms with van der Waals surface area (Å²) in [7, 11) is -9.60. The predicted octanol–water partition coefficient (Wildman–Crippen LogP) is 4.79. The lowest BCUT2D eigenvalue weighted by Crippen LogP contribution is -2.48. The molecule has 0 spiro atoms. The van der Waals surface area contributed by atoms with E-state index in [0.717, 1.165) is 43.9 Å². The number of piperazine rings is 1. The summed E-state index contributed by atoms with van der Waals surface area (Å²) in [6.45, 7) is 1.56. The van der Waals surface area contributed by atoms with E-state index in [-0.39, 0.29) is 17.0 Å². The summed E-state index contributed by atoms with van der Waals surface area (Å²) >= 11 is 1.15. The average Bonchev–Trinajstić information content (AvgIpc) is 2.59. The molecule has 2 fully saturated rings. The summed E-state index contributed by atoms with van der Waals surface area (Å²) in [5, 5.41) is 3.26. The molecule has 0 aromatic heterocycles. The number of benzene rings is 1. The van der Waals surface area contributed by atoms with Gasteiger partial charge in [-0.05, 0) is 43.0 Å². The molecule has 0 saturated carbocycles. The fourth-order valence-electron chi connectivity index (χ4n) is 2.78. The van der Waals surface area contributed by atoms with Gasteiger partial charge in [0, 0.05) is 30.1 Å². The molecule has 2 bridgehead atoms. The van der Waals surface area contributed by atoms with Crippen LogP contribution in [0.3, 0.4) is 0 Å². The van der Waals surface area contributed by atoms with Crippen molar-refractivity contribution in [3.8, 4) is 0 Å². The highest BCUT2D eigenvalue weighted by atomic mass is 32.5. The third kappa shape index (κ3) is 3.30. The van der Waals surface area contributed by atoms with E-state index in [1.807, 2.05) is 4.31 Å². The van der Waals surface area contributed by atoms with Crippen LogP contribution in [0.15, 0.2) is 34.1 Å². The van der Waals surface area contributed by atoms with Gasteiger partial charge in [-0.1, -0.05) is 25.5 Å². The van der Waals surface area contributed by atoms with E-state index < -0.39 is 15.1 Å². The third-order valence-corrected chi connectivity index (χ3v) is 6.19. The van der Waals surface area contributed by atoms with E-state index in [0.29, 0.717) is 12.1 Å². The Balaban J connectivity index is 1.85. The zero-order chi connectivity index (χ0) is 15.4. The first-order valence-electron chi connectivity index (χ1n) is 6.54. The molecule has 0 amide bonds. The molecule has 1 unspecified atom stereocenters. The van der Waals surface area contributed by atoms with Crippen molar-refractivity contribution in [2.45, 2.75) is 34.7 Å². The molecule has 2 atom stereocenters. The number of fused-ring (bicyclic) bond motifs is 2. The van der Waals surface area contributed by atoms with E-state index in [2.05, 4.69) is 5.32 Å². The number of hydrogen-bond donors (Lipinski definition) is 1. The van der Waals surface area contributed by atoms with E-state index in [4.69, 9.17) is 0 Å². The first-order chi connectivity index (χ1) is 9.53. The fraction of sp³-hybridized carbons (Fsp3) is 0.500. The van der Waals surface area contributed by atoms with Crippen LogP contribution < -0.4 is 5.32 Å². The van der Waals surface area contributed by atoms with E-state index in [1.54, 1.807) is 0 Å². The smallest absolute Gasteiger partial charge is 0.310 e. The Morgan fingerprint density at radius 1 is 1.05 bits per heavy atom. The molecule has 3 rings (SSSR count). The van der Waals surface area contributed by atoms with Crippen molar-refractivity contribution in [3.63, 3.8) is 0 Å². The SMILES string of the molecule is FS(F)(F)(F)(F)c1cccc(SN2C3CC[C@H]2CNC3)c1. The second-order valence-electron chi connectivity index (χ2n) is 5.44. The van der Waals surface area contributed by atoms with Crippen LogP contribution in [-0.2, 0) is 0 Å². The number of halogens is 5. The summed E-state index contributed by atoms with van der Waals surface area (Å²) in [6, 6.07) is 3.99. The van der Waals surface area contributed by atoms with Crippen LogP contribution in [0, 0.1) is 0 Å².